The van der Waals surface area contributed by atoms with Crippen molar-refractivity contribution < 1.29 is 0 Å². The van der Waals surface area contributed by atoms with E-state index in [1.807, 2.05) is 12.3 Å². The number of nitrogens with one attached hydrogen (secondary N) is 2. The van der Waals surface area contributed by atoms with Gasteiger partial charge in [0.25, 0.3) is 0 Å². The summed E-state index contributed by atoms with van der Waals surface area (Å²) in [7, 11) is 0. The average molecular weight is 267 g/mol. The molecule has 2 rings (SSSR count). The molecule has 100 valence electrons. The number of nitrogens with two attached hydrogens (primary N) is 1. The first kappa shape index (κ1) is 13.3. The van der Waals surface area contributed by atoms with Crippen LogP contribution in [0.2, 0.25) is 0 Å². The first-order valence-electron chi connectivity index (χ1n) is 6.46. The van der Waals surface area contributed by atoms with Crippen molar-refractivity contribution in [3.8, 4) is 0 Å². The normalized spacial score (nSPS) is 17.8. The van der Waals surface area contributed by atoms with E-state index in [1.165, 1.54) is 32.1 Å². The Morgan fingerprint density at radius 2 is 2.28 bits per heavy atom. The third-order valence-corrected chi connectivity index (χ3v) is 4.07. The van der Waals surface area contributed by atoms with Gasteiger partial charge in [-0.2, -0.15) is 0 Å². The fourth-order valence-electron chi connectivity index (χ4n) is 2.20. The standard InChI is InChI=1S/C12H21N5S/c1-9-8-18-11(15-9)7-14-12(17-13)16-10-5-3-2-4-6-10/h8,10H,2-7,13H2,1H3,(H2,14,16,17). The van der Waals surface area contributed by atoms with Crippen molar-refractivity contribution in [2.24, 2.45) is 10.8 Å². The Morgan fingerprint density at radius 3 is 2.89 bits per heavy atom. The van der Waals surface area contributed by atoms with Crippen molar-refractivity contribution in [1.82, 2.24) is 15.7 Å². The van der Waals surface area contributed by atoms with Crippen LogP contribution in [0, 0.1) is 6.92 Å². The SMILES string of the molecule is Cc1csc(CN=C(NN)NC2CCCCC2)n1. The Labute approximate surface area is 112 Å². The maximum absolute atomic E-state index is 5.50. The molecule has 0 aromatic carbocycles. The summed E-state index contributed by atoms with van der Waals surface area (Å²) in [5.41, 5.74) is 3.69. The number of aliphatic imine (C=N–C) groups is 1. The molecule has 0 atom stereocenters. The fourth-order valence-corrected chi connectivity index (χ4v) is 2.89. The summed E-state index contributed by atoms with van der Waals surface area (Å²) in [6.45, 7) is 2.57. The maximum atomic E-state index is 5.50. The molecule has 1 aliphatic carbocycles. The minimum Gasteiger partial charge on any atom is -0.353 e. The van der Waals surface area contributed by atoms with Crippen LogP contribution in [-0.2, 0) is 6.54 Å². The van der Waals surface area contributed by atoms with E-state index in [4.69, 9.17) is 5.84 Å². The quantitative estimate of drug-likeness (QED) is 0.337. The van der Waals surface area contributed by atoms with Crippen molar-refractivity contribution >= 4 is 17.3 Å². The lowest BCUT2D eigenvalue weighted by molar-refractivity contribution is 0.410. The van der Waals surface area contributed by atoms with Crippen LogP contribution < -0.4 is 16.6 Å². The Balaban J connectivity index is 1.86. The third-order valence-electron chi connectivity index (χ3n) is 3.12. The largest absolute Gasteiger partial charge is 0.353 e. The topological polar surface area (TPSA) is 75.3 Å². The lowest BCUT2D eigenvalue weighted by Crippen LogP contribution is -2.47. The van der Waals surface area contributed by atoms with Gasteiger partial charge in [-0.25, -0.2) is 15.8 Å². The molecule has 0 radical (unpaired) electrons. The first-order chi connectivity index (χ1) is 8.78. The molecule has 0 amide bonds. The van der Waals surface area contributed by atoms with Crippen LogP contribution in [0.3, 0.4) is 0 Å². The van der Waals surface area contributed by atoms with Crippen LogP contribution >= 0.6 is 11.3 Å². The molecule has 6 heteroatoms. The lowest BCUT2D eigenvalue weighted by Gasteiger charge is -2.24. The number of thiazole rings is 1. The Bertz CT molecular complexity index is 395. The summed E-state index contributed by atoms with van der Waals surface area (Å²) in [5.74, 6) is 6.17. The van der Waals surface area contributed by atoms with Crippen LogP contribution in [0.25, 0.3) is 0 Å². The molecule has 0 aliphatic heterocycles. The molecule has 0 saturated heterocycles. The summed E-state index contributed by atoms with van der Waals surface area (Å²) in [5, 5.41) is 6.43. The van der Waals surface area contributed by atoms with Gasteiger partial charge in [0, 0.05) is 17.1 Å². The molecule has 0 unspecified atom stereocenters. The van der Waals surface area contributed by atoms with E-state index in [1.54, 1.807) is 11.3 Å². The number of hydrogen-bond acceptors (Lipinski definition) is 4. The van der Waals surface area contributed by atoms with Crippen LogP contribution in [-0.4, -0.2) is 17.0 Å². The minimum absolute atomic E-state index is 0.506. The van der Waals surface area contributed by atoms with Crippen molar-refractivity contribution in [2.45, 2.75) is 51.6 Å². The monoisotopic (exact) mass is 267 g/mol. The Kier molecular flexibility index (Phi) is 4.95. The predicted octanol–water partition coefficient (Wildman–Crippen LogP) is 1.69. The molecular weight excluding hydrogens is 246 g/mol. The molecule has 0 bridgehead atoms. The zero-order valence-electron chi connectivity index (χ0n) is 10.8. The predicted molar refractivity (Wildman–Crippen MR) is 75.3 cm³/mol. The number of nitrogens with zero attached hydrogens (tertiary/aromatic N) is 2. The van der Waals surface area contributed by atoms with Gasteiger partial charge in [0.15, 0.2) is 0 Å². The van der Waals surface area contributed by atoms with E-state index >= 15 is 0 Å². The Morgan fingerprint density at radius 1 is 1.50 bits per heavy atom. The molecule has 1 saturated carbocycles. The van der Waals surface area contributed by atoms with Gasteiger partial charge >= 0.3 is 0 Å². The third kappa shape index (κ3) is 3.96. The maximum Gasteiger partial charge on any atom is 0.206 e. The molecule has 5 nitrogen and oxygen atoms in total. The second kappa shape index (κ2) is 6.70. The molecule has 1 aromatic rings. The molecule has 0 spiro atoms. The highest BCUT2D eigenvalue weighted by atomic mass is 32.1. The van der Waals surface area contributed by atoms with Crippen molar-refractivity contribution in [3.63, 3.8) is 0 Å². The van der Waals surface area contributed by atoms with E-state index in [-0.39, 0.29) is 0 Å². The van der Waals surface area contributed by atoms with Crippen LogP contribution in [0.1, 0.15) is 42.8 Å². The number of aromatic nitrogens is 1. The molecule has 18 heavy (non-hydrogen) atoms. The van der Waals surface area contributed by atoms with Gasteiger partial charge in [-0.15, -0.1) is 11.3 Å². The second-order valence-corrected chi connectivity index (χ2v) is 5.61. The van der Waals surface area contributed by atoms with E-state index in [2.05, 4.69) is 20.7 Å². The molecule has 1 aromatic heterocycles. The van der Waals surface area contributed by atoms with Crippen LogP contribution in [0.5, 0.6) is 0 Å². The van der Waals surface area contributed by atoms with E-state index < -0.39 is 0 Å². The molecule has 1 heterocycles. The average Bonchev–Trinajstić information content (AvgIpc) is 2.81. The van der Waals surface area contributed by atoms with Gasteiger partial charge in [-0.05, 0) is 19.8 Å². The van der Waals surface area contributed by atoms with Crippen molar-refractivity contribution in [3.05, 3.63) is 16.1 Å². The summed E-state index contributed by atoms with van der Waals surface area (Å²) in [4.78, 5) is 8.82. The van der Waals surface area contributed by atoms with Crippen molar-refractivity contribution in [2.75, 3.05) is 0 Å². The first-order valence-corrected chi connectivity index (χ1v) is 7.34. The smallest absolute Gasteiger partial charge is 0.206 e. The lowest BCUT2D eigenvalue weighted by atomic mass is 9.96. The zero-order valence-corrected chi connectivity index (χ0v) is 11.6. The summed E-state index contributed by atoms with van der Waals surface area (Å²) in [6, 6.07) is 0.506. The fraction of sp³-hybridized carbons (Fsp3) is 0.667. The number of hydrogen-bond donors (Lipinski definition) is 3. The van der Waals surface area contributed by atoms with Gasteiger partial charge in [-0.3, -0.25) is 5.43 Å². The number of rotatable bonds is 3. The summed E-state index contributed by atoms with van der Waals surface area (Å²) in [6.07, 6.45) is 6.34. The van der Waals surface area contributed by atoms with E-state index in [0.717, 1.165) is 10.7 Å². The number of guanidine groups is 1. The highest BCUT2D eigenvalue weighted by Crippen LogP contribution is 2.17. The summed E-state index contributed by atoms with van der Waals surface area (Å²) >= 11 is 1.63. The van der Waals surface area contributed by atoms with Gasteiger partial charge in [0.1, 0.15) is 5.01 Å². The van der Waals surface area contributed by atoms with Crippen LogP contribution in [0.4, 0.5) is 0 Å². The van der Waals surface area contributed by atoms with Crippen LogP contribution in [0.15, 0.2) is 10.4 Å². The number of aryl methyl sites for hydroxylation is 1. The molecule has 4 N–H and O–H groups in total. The highest BCUT2D eigenvalue weighted by Gasteiger charge is 2.14. The van der Waals surface area contributed by atoms with E-state index in [0.29, 0.717) is 18.5 Å². The summed E-state index contributed by atoms with van der Waals surface area (Å²) < 4.78 is 0. The second-order valence-electron chi connectivity index (χ2n) is 4.67. The van der Waals surface area contributed by atoms with Gasteiger partial charge in [0.2, 0.25) is 5.96 Å². The Hall–Kier alpha value is -1.14. The molecule has 1 aliphatic rings. The number of hydrazine groups is 1. The highest BCUT2D eigenvalue weighted by molar-refractivity contribution is 7.09. The van der Waals surface area contributed by atoms with Gasteiger partial charge < -0.3 is 5.32 Å². The van der Waals surface area contributed by atoms with Gasteiger partial charge in [0.05, 0.1) is 6.54 Å². The zero-order chi connectivity index (χ0) is 12.8. The molecular formula is C12H21N5S. The van der Waals surface area contributed by atoms with E-state index in [9.17, 15) is 0 Å². The minimum atomic E-state index is 0.506. The molecule has 1 fully saturated rings. The van der Waals surface area contributed by atoms with Crippen molar-refractivity contribution in [1.29, 1.82) is 0 Å². The van der Waals surface area contributed by atoms with Gasteiger partial charge in [-0.1, -0.05) is 19.3 Å².